The van der Waals surface area contributed by atoms with Crippen molar-refractivity contribution in [1.82, 2.24) is 19.9 Å². The summed E-state index contributed by atoms with van der Waals surface area (Å²) in [6.45, 7) is 0.259. The number of nitrogen functional groups attached to an aromatic ring is 1. The summed E-state index contributed by atoms with van der Waals surface area (Å²) in [5.41, 5.74) is 6.42. The summed E-state index contributed by atoms with van der Waals surface area (Å²) >= 11 is 0. The summed E-state index contributed by atoms with van der Waals surface area (Å²) < 4.78 is 69.3. The molecule has 0 fully saturated rings. The normalized spacial score (nSPS) is 13.0. The first-order valence-electron chi connectivity index (χ1n) is 12.4. The molecule has 0 saturated carbocycles. The van der Waals surface area contributed by atoms with Crippen molar-refractivity contribution in [2.24, 2.45) is 5.73 Å². The fourth-order valence-corrected chi connectivity index (χ4v) is 4.24. The maximum Gasteiger partial charge on any atom is 0.424 e. The molecule has 4 rings (SSSR count). The van der Waals surface area contributed by atoms with Crippen LogP contribution in [0.2, 0.25) is 0 Å². The highest BCUT2D eigenvalue weighted by Crippen LogP contribution is 2.42. The van der Waals surface area contributed by atoms with E-state index in [4.69, 9.17) is 20.9 Å². The first-order valence-corrected chi connectivity index (χ1v) is 12.4. The Bertz CT molecular complexity index is 1640. The Morgan fingerprint density at radius 3 is 2.43 bits per heavy atom. The van der Waals surface area contributed by atoms with Crippen LogP contribution in [0, 0.1) is 5.82 Å². The van der Waals surface area contributed by atoms with Crippen LogP contribution in [0.5, 0.6) is 11.5 Å². The molecule has 0 radical (unpaired) electrons. The molecule has 4 aromatic rings. The molecule has 0 saturated heterocycles. The molecule has 0 aliphatic heterocycles. The minimum Gasteiger partial charge on any atom is -0.494 e. The summed E-state index contributed by atoms with van der Waals surface area (Å²) in [5.74, 6) is -2.31. The molecule has 1 aromatic carbocycles. The number of anilines is 1. The number of carbonyl (C=O) groups excluding carboxylic acids is 2. The average Bonchev–Trinajstić information content (AvgIpc) is 3.31. The zero-order valence-electron chi connectivity index (χ0n) is 22.3. The Morgan fingerprint density at radius 2 is 1.83 bits per heavy atom. The molecular weight excluding hydrogens is 564 g/mol. The Kier molecular flexibility index (Phi) is 8.24. The molecule has 6 N–H and O–H groups in total. The average molecular weight is 591 g/mol. The number of nitrogens with two attached hydrogens (primary N) is 2. The number of nitrogens with zero attached hydrogens (tertiary/aromatic N) is 3. The van der Waals surface area contributed by atoms with Crippen molar-refractivity contribution in [3.05, 3.63) is 71.3 Å². The van der Waals surface area contributed by atoms with Crippen molar-refractivity contribution in [3.8, 4) is 22.8 Å². The van der Waals surface area contributed by atoms with Crippen molar-refractivity contribution in [2.75, 3.05) is 26.0 Å². The highest BCUT2D eigenvalue weighted by molar-refractivity contribution is 5.95. The third-order valence-corrected chi connectivity index (χ3v) is 6.26. The molecule has 42 heavy (non-hydrogen) atoms. The smallest absolute Gasteiger partial charge is 0.424 e. The zero-order chi connectivity index (χ0) is 30.8. The Hall–Kier alpha value is -4.92. The number of fused-ring (bicyclic) bond motifs is 1. The first-order chi connectivity index (χ1) is 19.8. The molecule has 11 nitrogen and oxygen atoms in total. The van der Waals surface area contributed by atoms with Gasteiger partial charge in [-0.15, -0.1) is 0 Å². The third-order valence-electron chi connectivity index (χ3n) is 6.26. The van der Waals surface area contributed by atoms with E-state index >= 15 is 0 Å². The lowest BCUT2D eigenvalue weighted by atomic mass is 9.93. The van der Waals surface area contributed by atoms with Crippen LogP contribution in [0.15, 0.2) is 48.7 Å². The highest BCUT2D eigenvalue weighted by Gasteiger charge is 2.56. The van der Waals surface area contributed by atoms with Crippen molar-refractivity contribution in [1.29, 1.82) is 0 Å². The second-order valence-corrected chi connectivity index (χ2v) is 9.16. The standard InChI is InChI=1S/C27H26F4N6O5/c1-3-42-24-15(10-22(33)38)9-20(35-23(24)14-4-6-17(28)7-5-14)26(40,27(29,30)31)13-34-25(39)16-8-19(41-2)18-11-21(32)36-37(18)12-16/h4-9,11-12,40H,3,10,13H2,1-2H3,(H2,32,36)(H2,33,38)(H,34,39)/t26-/m0/s1. The number of aliphatic hydroxyl groups is 1. The maximum atomic E-state index is 14.5. The number of hydrogen-bond acceptors (Lipinski definition) is 8. The van der Waals surface area contributed by atoms with Gasteiger partial charge in [0.25, 0.3) is 5.91 Å². The number of carbonyl (C=O) groups is 2. The lowest BCUT2D eigenvalue weighted by molar-refractivity contribution is -0.265. The number of alkyl halides is 3. The number of hydrogen-bond donors (Lipinski definition) is 4. The van der Waals surface area contributed by atoms with Crippen LogP contribution in [0.4, 0.5) is 23.4 Å². The van der Waals surface area contributed by atoms with Crippen molar-refractivity contribution in [3.63, 3.8) is 0 Å². The number of pyridine rings is 2. The van der Waals surface area contributed by atoms with Gasteiger partial charge in [-0.1, -0.05) is 0 Å². The number of primary amides is 1. The van der Waals surface area contributed by atoms with Gasteiger partial charge in [-0.2, -0.15) is 18.3 Å². The number of aromatic nitrogens is 3. The van der Waals surface area contributed by atoms with Gasteiger partial charge in [0.2, 0.25) is 11.5 Å². The van der Waals surface area contributed by atoms with Gasteiger partial charge < -0.3 is 31.4 Å². The van der Waals surface area contributed by atoms with E-state index in [1.54, 1.807) is 6.92 Å². The third kappa shape index (κ3) is 5.90. The summed E-state index contributed by atoms with van der Waals surface area (Å²) in [6.07, 6.45) is -4.71. The van der Waals surface area contributed by atoms with E-state index in [2.05, 4.69) is 15.4 Å². The molecule has 0 aliphatic rings. The van der Waals surface area contributed by atoms with E-state index < -0.39 is 48.1 Å². The number of rotatable bonds is 10. The maximum absolute atomic E-state index is 14.5. The summed E-state index contributed by atoms with van der Waals surface area (Å²) in [5, 5.41) is 17.2. The molecule has 3 aromatic heterocycles. The summed E-state index contributed by atoms with van der Waals surface area (Å²) in [4.78, 5) is 28.9. The van der Waals surface area contributed by atoms with E-state index in [0.29, 0.717) is 5.52 Å². The van der Waals surface area contributed by atoms with E-state index in [1.165, 1.54) is 42.1 Å². The SMILES string of the molecule is CCOc1c(CC(N)=O)cc([C@@](O)(CNC(=O)c2cc(OC)c3cc(N)nn3c2)C(F)(F)F)nc1-c1ccc(F)cc1. The van der Waals surface area contributed by atoms with Gasteiger partial charge in [-0.25, -0.2) is 13.9 Å². The Balaban J connectivity index is 1.80. The van der Waals surface area contributed by atoms with Gasteiger partial charge in [-0.3, -0.25) is 9.59 Å². The number of benzene rings is 1. The van der Waals surface area contributed by atoms with Gasteiger partial charge in [0, 0.05) is 23.4 Å². The van der Waals surface area contributed by atoms with E-state index in [1.807, 2.05) is 0 Å². The first kappa shape index (κ1) is 30.0. The molecule has 15 heteroatoms. The molecule has 0 bridgehead atoms. The van der Waals surface area contributed by atoms with E-state index in [-0.39, 0.29) is 46.3 Å². The number of methoxy groups -OCH3 is 1. The fourth-order valence-electron chi connectivity index (χ4n) is 4.24. The van der Waals surface area contributed by atoms with Crippen molar-refractivity contribution >= 4 is 23.1 Å². The molecule has 222 valence electrons. The molecule has 2 amide bonds. The van der Waals surface area contributed by atoms with Crippen LogP contribution < -0.4 is 26.3 Å². The van der Waals surface area contributed by atoms with E-state index in [9.17, 15) is 32.3 Å². The van der Waals surface area contributed by atoms with Crippen LogP contribution >= 0.6 is 0 Å². The van der Waals surface area contributed by atoms with Gasteiger partial charge >= 0.3 is 6.18 Å². The Labute approximate surface area is 236 Å². The number of ether oxygens (including phenoxy) is 2. The van der Waals surface area contributed by atoms with Gasteiger partial charge in [0.1, 0.15) is 34.3 Å². The monoisotopic (exact) mass is 590 g/mol. The molecule has 0 aliphatic carbocycles. The number of amides is 2. The quantitative estimate of drug-likeness (QED) is 0.205. The zero-order valence-corrected chi connectivity index (χ0v) is 22.3. The fraction of sp³-hybridized carbons (Fsp3) is 0.259. The van der Waals surface area contributed by atoms with Crippen molar-refractivity contribution in [2.45, 2.75) is 25.1 Å². The molecule has 0 unspecified atom stereocenters. The highest BCUT2D eigenvalue weighted by atomic mass is 19.4. The van der Waals surface area contributed by atoms with Gasteiger partial charge in [-0.05, 0) is 43.3 Å². The van der Waals surface area contributed by atoms with Gasteiger partial charge in [0.05, 0.1) is 37.9 Å². The predicted molar refractivity (Wildman–Crippen MR) is 142 cm³/mol. The Morgan fingerprint density at radius 1 is 1.14 bits per heavy atom. The molecular formula is C27H26F4N6O5. The van der Waals surface area contributed by atoms with Crippen LogP contribution in [0.1, 0.15) is 28.5 Å². The largest absolute Gasteiger partial charge is 0.494 e. The van der Waals surface area contributed by atoms with Crippen LogP contribution in [0.3, 0.4) is 0 Å². The summed E-state index contributed by atoms with van der Waals surface area (Å²) in [6, 6.07) is 8.19. The summed E-state index contributed by atoms with van der Waals surface area (Å²) in [7, 11) is 1.32. The molecule has 3 heterocycles. The second kappa shape index (κ2) is 11.5. The molecule has 1 atom stereocenters. The predicted octanol–water partition coefficient (Wildman–Crippen LogP) is 2.73. The van der Waals surface area contributed by atoms with Crippen LogP contribution in [-0.4, -0.2) is 58.0 Å². The minimum atomic E-state index is -5.37. The van der Waals surface area contributed by atoms with Crippen molar-refractivity contribution < 1.29 is 41.7 Å². The van der Waals surface area contributed by atoms with Gasteiger partial charge in [0.15, 0.2) is 0 Å². The lowest BCUT2D eigenvalue weighted by Crippen LogP contribution is -2.51. The number of halogens is 4. The van der Waals surface area contributed by atoms with E-state index in [0.717, 1.165) is 18.2 Å². The second-order valence-electron chi connectivity index (χ2n) is 9.16. The lowest BCUT2D eigenvalue weighted by Gasteiger charge is -2.31. The minimum absolute atomic E-state index is 0.0380. The number of nitrogens with one attached hydrogen (secondary N) is 1. The topological polar surface area (TPSA) is 167 Å². The van der Waals surface area contributed by atoms with Crippen LogP contribution in [0.25, 0.3) is 16.8 Å². The van der Waals surface area contributed by atoms with Crippen LogP contribution in [-0.2, 0) is 16.8 Å². The molecule has 0 spiro atoms.